The lowest BCUT2D eigenvalue weighted by Crippen LogP contribution is -2.54. The SMILES string of the molecule is CCOC(=O)CC[C@@H](NC(=O)[C@@H](NC(=O)Oc1ccc(Cl)cc1)C(C)C)C(=O)OCC. The van der Waals surface area contributed by atoms with Gasteiger partial charge in [0.1, 0.15) is 17.8 Å². The molecule has 0 heterocycles. The molecule has 1 aromatic rings. The summed E-state index contributed by atoms with van der Waals surface area (Å²) in [6.45, 7) is 7.09. The molecule has 0 aromatic heterocycles. The summed E-state index contributed by atoms with van der Waals surface area (Å²) in [4.78, 5) is 48.9. The van der Waals surface area contributed by atoms with Gasteiger partial charge in [-0.05, 0) is 50.5 Å². The first-order valence-electron chi connectivity index (χ1n) is 10.0. The maximum Gasteiger partial charge on any atom is 0.413 e. The van der Waals surface area contributed by atoms with Gasteiger partial charge in [-0.25, -0.2) is 9.59 Å². The highest BCUT2D eigenvalue weighted by atomic mass is 35.5. The van der Waals surface area contributed by atoms with Crippen LogP contribution in [0.25, 0.3) is 0 Å². The molecule has 0 aliphatic heterocycles. The summed E-state index contributed by atoms with van der Waals surface area (Å²) in [6, 6.07) is 4.09. The van der Waals surface area contributed by atoms with Gasteiger partial charge in [0, 0.05) is 11.4 Å². The van der Waals surface area contributed by atoms with Crippen LogP contribution in [0.1, 0.15) is 40.5 Å². The van der Waals surface area contributed by atoms with E-state index in [4.69, 9.17) is 25.8 Å². The van der Waals surface area contributed by atoms with Gasteiger partial charge >= 0.3 is 18.0 Å². The van der Waals surface area contributed by atoms with Gasteiger partial charge in [-0.3, -0.25) is 9.59 Å². The van der Waals surface area contributed by atoms with Crippen molar-refractivity contribution in [2.24, 2.45) is 5.92 Å². The third kappa shape index (κ3) is 9.69. The number of hydrogen-bond donors (Lipinski definition) is 2. The van der Waals surface area contributed by atoms with Gasteiger partial charge in [0.25, 0.3) is 0 Å². The van der Waals surface area contributed by atoms with Gasteiger partial charge in [0.15, 0.2) is 0 Å². The fraction of sp³-hybridized carbons (Fsp3) is 0.524. The van der Waals surface area contributed by atoms with Crippen molar-refractivity contribution in [3.63, 3.8) is 0 Å². The third-order valence-electron chi connectivity index (χ3n) is 4.08. The lowest BCUT2D eigenvalue weighted by molar-refractivity contribution is -0.149. The first-order chi connectivity index (χ1) is 14.7. The average Bonchev–Trinajstić information content (AvgIpc) is 2.71. The molecule has 0 saturated carbocycles. The van der Waals surface area contributed by atoms with E-state index in [9.17, 15) is 19.2 Å². The molecule has 2 N–H and O–H groups in total. The van der Waals surface area contributed by atoms with E-state index in [2.05, 4.69) is 10.6 Å². The second-order valence-electron chi connectivity index (χ2n) is 6.87. The molecule has 9 nitrogen and oxygen atoms in total. The minimum atomic E-state index is -1.06. The third-order valence-corrected chi connectivity index (χ3v) is 4.33. The van der Waals surface area contributed by atoms with Crippen LogP contribution in [0.15, 0.2) is 24.3 Å². The van der Waals surface area contributed by atoms with Crippen LogP contribution in [0.2, 0.25) is 5.02 Å². The Labute approximate surface area is 186 Å². The van der Waals surface area contributed by atoms with E-state index in [0.717, 1.165) is 0 Å². The van der Waals surface area contributed by atoms with Crippen molar-refractivity contribution in [1.29, 1.82) is 0 Å². The quantitative estimate of drug-likeness (QED) is 0.491. The van der Waals surface area contributed by atoms with Crippen molar-refractivity contribution in [2.45, 2.75) is 52.6 Å². The molecule has 0 spiro atoms. The largest absolute Gasteiger partial charge is 0.466 e. The summed E-state index contributed by atoms with van der Waals surface area (Å²) >= 11 is 5.80. The smallest absolute Gasteiger partial charge is 0.413 e. The maximum atomic E-state index is 12.8. The number of nitrogens with one attached hydrogen (secondary N) is 2. The zero-order valence-electron chi connectivity index (χ0n) is 18.1. The molecule has 0 fully saturated rings. The van der Waals surface area contributed by atoms with E-state index in [-0.39, 0.29) is 37.7 Å². The normalized spacial score (nSPS) is 12.5. The summed E-state index contributed by atoms with van der Waals surface area (Å²) < 4.78 is 15.0. The van der Waals surface area contributed by atoms with Crippen LogP contribution in [0.5, 0.6) is 5.75 Å². The predicted molar refractivity (Wildman–Crippen MR) is 114 cm³/mol. The molecule has 2 atom stereocenters. The van der Waals surface area contributed by atoms with Crippen LogP contribution in [-0.4, -0.2) is 49.2 Å². The Kier molecular flexibility index (Phi) is 11.4. The highest BCUT2D eigenvalue weighted by Gasteiger charge is 2.30. The van der Waals surface area contributed by atoms with Crippen molar-refractivity contribution in [3.05, 3.63) is 29.3 Å². The predicted octanol–water partition coefficient (Wildman–Crippen LogP) is 2.84. The van der Waals surface area contributed by atoms with Crippen molar-refractivity contribution in [2.75, 3.05) is 13.2 Å². The number of carbonyl (C=O) groups is 4. The highest BCUT2D eigenvalue weighted by molar-refractivity contribution is 6.30. The van der Waals surface area contributed by atoms with Gasteiger partial charge in [0.05, 0.1) is 13.2 Å². The number of benzene rings is 1. The Morgan fingerprint density at radius 3 is 2.13 bits per heavy atom. The maximum absolute atomic E-state index is 12.8. The molecule has 1 rings (SSSR count). The summed E-state index contributed by atoms with van der Waals surface area (Å²) in [5.74, 6) is -1.83. The fourth-order valence-corrected chi connectivity index (χ4v) is 2.68. The molecule has 0 bridgehead atoms. The average molecular weight is 457 g/mol. The number of hydrogen-bond acceptors (Lipinski definition) is 7. The summed E-state index contributed by atoms with van der Waals surface area (Å²) in [6.07, 6.45) is -0.908. The molecule has 0 aliphatic carbocycles. The summed E-state index contributed by atoms with van der Waals surface area (Å²) in [5, 5.41) is 5.53. The number of carbonyl (C=O) groups excluding carboxylic acids is 4. The standard InChI is InChI=1S/C21H29ClN2O7/c1-5-29-17(25)12-11-16(20(27)30-6-2)23-19(26)18(13(3)4)24-21(28)31-15-9-7-14(22)8-10-15/h7-10,13,16,18H,5-6,11-12H2,1-4H3,(H,23,26)(H,24,28)/t16-,18+/m1/s1. The number of halogens is 1. The van der Waals surface area contributed by atoms with Gasteiger partial charge in [-0.2, -0.15) is 0 Å². The second kappa shape index (κ2) is 13.5. The number of esters is 2. The molecule has 172 valence electrons. The molecular formula is C21H29ClN2O7. The van der Waals surface area contributed by atoms with Gasteiger partial charge < -0.3 is 24.8 Å². The molecular weight excluding hydrogens is 428 g/mol. The zero-order chi connectivity index (χ0) is 23.4. The molecule has 0 aliphatic rings. The molecule has 1 aromatic carbocycles. The lowest BCUT2D eigenvalue weighted by atomic mass is 10.0. The Morgan fingerprint density at radius 2 is 1.58 bits per heavy atom. The van der Waals surface area contributed by atoms with Crippen LogP contribution in [0.4, 0.5) is 4.79 Å². The van der Waals surface area contributed by atoms with Crippen LogP contribution < -0.4 is 15.4 Å². The van der Waals surface area contributed by atoms with E-state index in [1.165, 1.54) is 12.1 Å². The Bertz CT molecular complexity index is 753. The van der Waals surface area contributed by atoms with Crippen molar-refractivity contribution >= 4 is 35.5 Å². The topological polar surface area (TPSA) is 120 Å². The van der Waals surface area contributed by atoms with E-state index in [1.54, 1.807) is 39.8 Å². The minimum Gasteiger partial charge on any atom is -0.466 e. The van der Waals surface area contributed by atoms with Gasteiger partial charge in [0.2, 0.25) is 5.91 Å². The minimum absolute atomic E-state index is 0.00342. The Balaban J connectivity index is 2.79. The highest BCUT2D eigenvalue weighted by Crippen LogP contribution is 2.16. The van der Waals surface area contributed by atoms with E-state index < -0.39 is 36.0 Å². The number of rotatable bonds is 11. The van der Waals surface area contributed by atoms with Crippen LogP contribution in [0, 0.1) is 5.92 Å². The van der Waals surface area contributed by atoms with Crippen LogP contribution in [0.3, 0.4) is 0 Å². The number of ether oxygens (including phenoxy) is 3. The zero-order valence-corrected chi connectivity index (χ0v) is 18.9. The van der Waals surface area contributed by atoms with Gasteiger partial charge in [-0.1, -0.05) is 25.4 Å². The molecule has 10 heteroatoms. The van der Waals surface area contributed by atoms with E-state index in [1.807, 2.05) is 0 Å². The summed E-state index contributed by atoms with van der Waals surface area (Å²) in [7, 11) is 0. The van der Waals surface area contributed by atoms with Crippen molar-refractivity contribution in [1.82, 2.24) is 10.6 Å². The monoisotopic (exact) mass is 456 g/mol. The van der Waals surface area contributed by atoms with Crippen molar-refractivity contribution < 1.29 is 33.4 Å². The van der Waals surface area contributed by atoms with Crippen LogP contribution >= 0.6 is 11.6 Å². The molecule has 2 amide bonds. The first-order valence-corrected chi connectivity index (χ1v) is 10.4. The van der Waals surface area contributed by atoms with Crippen LogP contribution in [-0.2, 0) is 23.9 Å². The first kappa shape index (κ1) is 26.2. The van der Waals surface area contributed by atoms with E-state index in [0.29, 0.717) is 5.02 Å². The molecule has 0 unspecified atom stereocenters. The molecule has 31 heavy (non-hydrogen) atoms. The second-order valence-corrected chi connectivity index (χ2v) is 7.30. The Hall–Kier alpha value is -2.81. The van der Waals surface area contributed by atoms with Crippen molar-refractivity contribution in [3.8, 4) is 5.75 Å². The Morgan fingerprint density at radius 1 is 0.968 bits per heavy atom. The summed E-state index contributed by atoms with van der Waals surface area (Å²) in [5.41, 5.74) is 0. The number of amides is 2. The van der Waals surface area contributed by atoms with Gasteiger partial charge in [-0.15, -0.1) is 0 Å². The molecule has 0 saturated heterocycles. The molecule has 0 radical (unpaired) electrons. The van der Waals surface area contributed by atoms with E-state index >= 15 is 0 Å². The lowest BCUT2D eigenvalue weighted by Gasteiger charge is -2.24. The fourth-order valence-electron chi connectivity index (χ4n) is 2.55.